The number of aliphatic hydroxyl groups is 1. The van der Waals surface area contributed by atoms with E-state index in [9.17, 15) is 9.90 Å². The van der Waals surface area contributed by atoms with Gasteiger partial charge in [0.2, 0.25) is 0 Å². The van der Waals surface area contributed by atoms with Crippen molar-refractivity contribution in [2.75, 3.05) is 11.9 Å². The van der Waals surface area contributed by atoms with Gasteiger partial charge in [0.15, 0.2) is 0 Å². The number of aromatic nitrogens is 1. The Bertz CT molecular complexity index is 798. The topological polar surface area (TPSA) is 87.4 Å². The molecular weight excluding hydrogens is 326 g/mol. The van der Waals surface area contributed by atoms with Crippen molar-refractivity contribution in [3.8, 4) is 10.6 Å². The second kappa shape index (κ2) is 6.86. The lowest BCUT2D eigenvalue weighted by molar-refractivity contribution is 0.0372. The van der Waals surface area contributed by atoms with Crippen molar-refractivity contribution in [1.29, 1.82) is 0 Å². The molecular formula is C17H17N3O3S. The number of thiazole rings is 1. The monoisotopic (exact) mass is 343 g/mol. The average Bonchev–Trinajstić information content (AvgIpc) is 3.26. The molecule has 0 unspecified atom stereocenters. The minimum absolute atomic E-state index is 0.0263. The van der Waals surface area contributed by atoms with Crippen LogP contribution in [-0.4, -0.2) is 22.7 Å². The van der Waals surface area contributed by atoms with Crippen molar-refractivity contribution in [2.45, 2.75) is 12.5 Å². The maximum atomic E-state index is 12.0. The van der Waals surface area contributed by atoms with Crippen LogP contribution in [0.15, 0.2) is 58.7 Å². The lowest BCUT2D eigenvalue weighted by atomic mass is 10.0. The van der Waals surface area contributed by atoms with Crippen LogP contribution in [0.3, 0.4) is 0 Å². The van der Waals surface area contributed by atoms with Gasteiger partial charge in [-0.05, 0) is 31.2 Å². The molecule has 0 aliphatic rings. The van der Waals surface area contributed by atoms with Crippen molar-refractivity contribution >= 4 is 23.1 Å². The predicted octanol–water partition coefficient (Wildman–Crippen LogP) is 3.43. The molecule has 0 radical (unpaired) electrons. The molecule has 0 saturated heterocycles. The van der Waals surface area contributed by atoms with Crippen LogP contribution in [0.2, 0.25) is 0 Å². The summed E-state index contributed by atoms with van der Waals surface area (Å²) in [6.07, 6.45) is 3.22. The molecule has 0 fully saturated rings. The molecule has 0 aliphatic heterocycles. The van der Waals surface area contributed by atoms with Crippen LogP contribution in [0.5, 0.6) is 0 Å². The SMILES string of the molecule is C[C@](O)(CNC(=O)Nc1cccc(-c2nccs2)c1)c1ccco1. The average molecular weight is 343 g/mol. The Morgan fingerprint density at radius 3 is 2.96 bits per heavy atom. The fourth-order valence-electron chi connectivity index (χ4n) is 2.20. The fraction of sp³-hybridized carbons (Fsp3) is 0.176. The van der Waals surface area contributed by atoms with Gasteiger partial charge < -0.3 is 20.2 Å². The number of hydrogen-bond donors (Lipinski definition) is 3. The highest BCUT2D eigenvalue weighted by Gasteiger charge is 2.26. The molecule has 6 nitrogen and oxygen atoms in total. The van der Waals surface area contributed by atoms with Gasteiger partial charge in [-0.3, -0.25) is 0 Å². The highest BCUT2D eigenvalue weighted by atomic mass is 32.1. The molecule has 7 heteroatoms. The van der Waals surface area contributed by atoms with Crippen molar-refractivity contribution < 1.29 is 14.3 Å². The second-order valence-corrected chi connectivity index (χ2v) is 6.37. The van der Waals surface area contributed by atoms with E-state index in [2.05, 4.69) is 15.6 Å². The van der Waals surface area contributed by atoms with E-state index in [0.717, 1.165) is 10.6 Å². The van der Waals surface area contributed by atoms with E-state index in [1.54, 1.807) is 31.3 Å². The Morgan fingerprint density at radius 1 is 1.38 bits per heavy atom. The van der Waals surface area contributed by atoms with Crippen molar-refractivity contribution in [3.05, 3.63) is 60.0 Å². The zero-order valence-corrected chi connectivity index (χ0v) is 13.8. The number of urea groups is 1. The number of carbonyl (C=O) groups excluding carboxylic acids is 1. The van der Waals surface area contributed by atoms with Crippen LogP contribution in [0.1, 0.15) is 12.7 Å². The number of benzene rings is 1. The largest absolute Gasteiger partial charge is 0.466 e. The third-order valence-corrected chi connectivity index (χ3v) is 4.27. The molecule has 124 valence electrons. The molecule has 0 spiro atoms. The molecule has 2 heterocycles. The number of nitrogens with zero attached hydrogens (tertiary/aromatic N) is 1. The standard InChI is InChI=1S/C17H17N3O3S/c1-17(22,14-6-3-8-23-14)11-19-16(21)20-13-5-2-4-12(10-13)15-18-7-9-24-15/h2-10,22H,11H2,1H3,(H2,19,20,21)/t17-/m0/s1. The number of hydrogen-bond acceptors (Lipinski definition) is 5. The minimum atomic E-state index is -1.27. The van der Waals surface area contributed by atoms with E-state index < -0.39 is 11.6 Å². The first-order valence-electron chi connectivity index (χ1n) is 7.36. The number of nitrogens with one attached hydrogen (secondary N) is 2. The van der Waals surface area contributed by atoms with Crippen LogP contribution in [0, 0.1) is 0 Å². The summed E-state index contributed by atoms with van der Waals surface area (Å²) in [7, 11) is 0. The summed E-state index contributed by atoms with van der Waals surface area (Å²) in [6.45, 7) is 1.60. The van der Waals surface area contributed by atoms with Gasteiger partial charge in [0.1, 0.15) is 16.4 Å². The van der Waals surface area contributed by atoms with Crippen molar-refractivity contribution in [3.63, 3.8) is 0 Å². The Kier molecular flexibility index (Phi) is 4.64. The van der Waals surface area contributed by atoms with E-state index >= 15 is 0 Å². The Hall–Kier alpha value is -2.64. The summed E-state index contributed by atoms with van der Waals surface area (Å²) in [5.41, 5.74) is 0.312. The first-order valence-corrected chi connectivity index (χ1v) is 8.24. The number of rotatable bonds is 5. The van der Waals surface area contributed by atoms with Gasteiger partial charge in [-0.25, -0.2) is 9.78 Å². The highest BCUT2D eigenvalue weighted by Crippen LogP contribution is 2.24. The maximum absolute atomic E-state index is 12.0. The fourth-order valence-corrected chi connectivity index (χ4v) is 2.83. The second-order valence-electron chi connectivity index (χ2n) is 5.48. The summed E-state index contributed by atoms with van der Waals surface area (Å²) >= 11 is 1.53. The first kappa shape index (κ1) is 16.2. The van der Waals surface area contributed by atoms with Crippen LogP contribution >= 0.6 is 11.3 Å². The van der Waals surface area contributed by atoms with E-state index in [-0.39, 0.29) is 6.54 Å². The van der Waals surface area contributed by atoms with E-state index in [1.807, 2.05) is 23.6 Å². The maximum Gasteiger partial charge on any atom is 0.319 e. The zero-order chi connectivity index (χ0) is 17.0. The summed E-state index contributed by atoms with van der Waals surface area (Å²) in [5.74, 6) is 0.397. The summed E-state index contributed by atoms with van der Waals surface area (Å²) in [4.78, 5) is 16.3. The number of amides is 2. The van der Waals surface area contributed by atoms with E-state index in [0.29, 0.717) is 11.4 Å². The van der Waals surface area contributed by atoms with Gasteiger partial charge >= 0.3 is 6.03 Å². The summed E-state index contributed by atoms with van der Waals surface area (Å²) in [5, 5.41) is 18.5. The van der Waals surface area contributed by atoms with Gasteiger partial charge in [-0.2, -0.15) is 0 Å². The van der Waals surface area contributed by atoms with Gasteiger partial charge in [0, 0.05) is 22.8 Å². The van der Waals surface area contributed by atoms with Crippen molar-refractivity contribution in [1.82, 2.24) is 10.3 Å². The first-order chi connectivity index (χ1) is 11.5. The summed E-state index contributed by atoms with van der Waals surface area (Å²) in [6, 6.07) is 10.4. The van der Waals surface area contributed by atoms with Crippen LogP contribution in [0.25, 0.3) is 10.6 Å². The molecule has 3 N–H and O–H groups in total. The van der Waals surface area contributed by atoms with Crippen LogP contribution in [-0.2, 0) is 5.60 Å². The molecule has 3 rings (SSSR count). The smallest absolute Gasteiger partial charge is 0.319 e. The molecule has 0 aliphatic carbocycles. The lowest BCUT2D eigenvalue weighted by Crippen LogP contribution is -2.40. The van der Waals surface area contributed by atoms with Gasteiger partial charge in [0.05, 0.1) is 12.8 Å². The Labute approximate surface area is 143 Å². The van der Waals surface area contributed by atoms with E-state index in [1.165, 1.54) is 17.6 Å². The zero-order valence-electron chi connectivity index (χ0n) is 13.0. The third-order valence-electron chi connectivity index (χ3n) is 3.44. The number of furan rings is 1. The normalized spacial score (nSPS) is 13.2. The summed E-state index contributed by atoms with van der Waals surface area (Å²) < 4.78 is 5.18. The minimum Gasteiger partial charge on any atom is -0.466 e. The quantitative estimate of drug-likeness (QED) is 0.662. The van der Waals surface area contributed by atoms with Crippen LogP contribution < -0.4 is 10.6 Å². The van der Waals surface area contributed by atoms with Gasteiger partial charge in [-0.15, -0.1) is 11.3 Å². The Morgan fingerprint density at radius 2 is 2.25 bits per heavy atom. The van der Waals surface area contributed by atoms with E-state index in [4.69, 9.17) is 4.42 Å². The Balaban J connectivity index is 1.60. The molecule has 3 aromatic rings. The third kappa shape index (κ3) is 3.81. The van der Waals surface area contributed by atoms with Crippen LogP contribution in [0.4, 0.5) is 10.5 Å². The molecule has 0 bridgehead atoms. The predicted molar refractivity (Wildman–Crippen MR) is 92.9 cm³/mol. The molecule has 1 aromatic carbocycles. The molecule has 1 atom stereocenters. The highest BCUT2D eigenvalue weighted by molar-refractivity contribution is 7.13. The lowest BCUT2D eigenvalue weighted by Gasteiger charge is -2.21. The van der Waals surface area contributed by atoms with Gasteiger partial charge in [-0.1, -0.05) is 12.1 Å². The molecule has 2 amide bonds. The number of carbonyl (C=O) groups is 1. The van der Waals surface area contributed by atoms with Gasteiger partial charge in [0.25, 0.3) is 0 Å². The molecule has 2 aromatic heterocycles. The molecule has 24 heavy (non-hydrogen) atoms. The number of anilines is 1. The molecule has 0 saturated carbocycles. The van der Waals surface area contributed by atoms with Crippen molar-refractivity contribution in [2.24, 2.45) is 0 Å².